The van der Waals surface area contributed by atoms with E-state index in [0.29, 0.717) is 34.9 Å². The summed E-state index contributed by atoms with van der Waals surface area (Å²) in [5.41, 5.74) is 6.76. The van der Waals surface area contributed by atoms with Crippen molar-refractivity contribution in [3.63, 3.8) is 0 Å². The highest BCUT2D eigenvalue weighted by Crippen LogP contribution is 2.54. The first-order valence-corrected chi connectivity index (χ1v) is 20.3. The Kier molecular flexibility index (Phi) is 10.4. The smallest absolute Gasteiger partial charge is 0.407 e. The number of carbonyl (C=O) groups is 4. The Morgan fingerprint density at radius 1 is 0.719 bits per heavy atom. The molecule has 14 heteroatoms. The van der Waals surface area contributed by atoms with Crippen LogP contribution in [0.25, 0.3) is 28.0 Å². The number of amides is 4. The maximum absolute atomic E-state index is 13.8. The number of alkyl carbamates (subject to hydrolysis) is 2. The summed E-state index contributed by atoms with van der Waals surface area (Å²) in [6, 6.07) is 15.1. The predicted molar refractivity (Wildman–Crippen MR) is 216 cm³/mol. The van der Waals surface area contributed by atoms with E-state index in [1.165, 1.54) is 14.2 Å². The van der Waals surface area contributed by atoms with E-state index in [0.717, 1.165) is 59.2 Å². The minimum Gasteiger partial charge on any atom is -0.453 e. The molecular weight excluding hydrogens is 746 g/mol. The van der Waals surface area contributed by atoms with Crippen molar-refractivity contribution in [1.82, 2.24) is 30.4 Å². The first kappa shape index (κ1) is 38.7. The summed E-state index contributed by atoms with van der Waals surface area (Å²) in [6.45, 7) is 7.67. The standard InChI is InChI=1S/C43H50ClN7O6/c1-21(2)35(47-42(54)56-5)40(52)50-31-16-27(31)18-33(50)30-15-29(20-45-30)25-9-7-23(8-10-25)24-11-13-26(14-12-24)37-38(44)49-39(46-37)34-19-28-17-32(28)51(34)41(53)36(22(3)4)48-43(55)57-6/h7-14,20-22,27-28,31-36H,15-19H2,1-6H3,(H,46,49)(H,47,54)(H,48,55)/t27-,28-,31-,32-,33+,34+,35+,36+/m1/s1. The van der Waals surface area contributed by atoms with Gasteiger partial charge in [0.25, 0.3) is 0 Å². The van der Waals surface area contributed by atoms with Gasteiger partial charge in [-0.15, -0.1) is 0 Å². The summed E-state index contributed by atoms with van der Waals surface area (Å²) in [5, 5.41) is 5.88. The number of aliphatic imine (C=N–C) groups is 1. The number of methoxy groups -OCH3 is 2. The highest BCUT2D eigenvalue weighted by Gasteiger charge is 2.57. The largest absolute Gasteiger partial charge is 0.453 e. The molecule has 0 radical (unpaired) electrons. The van der Waals surface area contributed by atoms with Gasteiger partial charge in [-0.2, -0.15) is 0 Å². The van der Waals surface area contributed by atoms with Crippen molar-refractivity contribution in [2.24, 2.45) is 28.7 Å². The van der Waals surface area contributed by atoms with Crippen molar-refractivity contribution in [2.75, 3.05) is 14.2 Å². The molecule has 0 bridgehead atoms. The lowest BCUT2D eigenvalue weighted by molar-refractivity contribution is -0.137. The van der Waals surface area contributed by atoms with Crippen LogP contribution in [0.5, 0.6) is 0 Å². The van der Waals surface area contributed by atoms with E-state index < -0.39 is 24.3 Å². The number of allylic oxidation sites excluding steroid dienone is 1. The fourth-order valence-electron chi connectivity index (χ4n) is 9.05. The van der Waals surface area contributed by atoms with Crippen molar-refractivity contribution < 1.29 is 28.7 Å². The Balaban J connectivity index is 0.917. The number of aromatic nitrogens is 2. The summed E-state index contributed by atoms with van der Waals surface area (Å²) >= 11 is 6.76. The van der Waals surface area contributed by atoms with Crippen molar-refractivity contribution in [2.45, 2.75) is 96.1 Å². The number of aromatic amines is 1. The molecule has 57 heavy (non-hydrogen) atoms. The van der Waals surface area contributed by atoms with E-state index in [-0.39, 0.29) is 47.8 Å². The second-order valence-electron chi connectivity index (χ2n) is 16.7. The zero-order chi connectivity index (χ0) is 40.3. The van der Waals surface area contributed by atoms with E-state index in [9.17, 15) is 19.2 Å². The van der Waals surface area contributed by atoms with Crippen LogP contribution in [0, 0.1) is 23.7 Å². The molecule has 3 N–H and O–H groups in total. The molecule has 2 saturated heterocycles. The van der Waals surface area contributed by atoms with Crippen LogP contribution in [0.3, 0.4) is 0 Å². The molecule has 4 heterocycles. The normalized spacial score (nSPS) is 25.4. The molecule has 0 spiro atoms. The lowest BCUT2D eigenvalue weighted by Gasteiger charge is -2.33. The fraction of sp³-hybridized carbons (Fsp3) is 0.488. The van der Waals surface area contributed by atoms with Gasteiger partial charge in [0.2, 0.25) is 11.8 Å². The first-order valence-electron chi connectivity index (χ1n) is 19.9. The number of hydrogen-bond acceptors (Lipinski definition) is 8. The average Bonchev–Trinajstić information content (AvgIpc) is 3.85. The Bertz CT molecular complexity index is 2130. The number of benzene rings is 2. The maximum Gasteiger partial charge on any atom is 0.407 e. The van der Waals surface area contributed by atoms with Crippen LogP contribution in [0.4, 0.5) is 9.59 Å². The van der Waals surface area contributed by atoms with Crippen LogP contribution in [0.2, 0.25) is 5.15 Å². The number of piperidine rings is 2. The van der Waals surface area contributed by atoms with E-state index in [4.69, 9.17) is 31.1 Å². The van der Waals surface area contributed by atoms with Gasteiger partial charge < -0.3 is 34.9 Å². The molecule has 4 fully saturated rings. The zero-order valence-corrected chi connectivity index (χ0v) is 33.9. The third-order valence-corrected chi connectivity index (χ3v) is 12.7. The number of H-pyrrole nitrogens is 1. The zero-order valence-electron chi connectivity index (χ0n) is 33.1. The quantitative estimate of drug-likeness (QED) is 0.189. The number of imidazole rings is 1. The van der Waals surface area contributed by atoms with E-state index in [1.807, 2.05) is 68.0 Å². The molecule has 5 aliphatic rings. The lowest BCUT2D eigenvalue weighted by atomic mass is 9.95. The summed E-state index contributed by atoms with van der Waals surface area (Å²) < 4.78 is 9.59. The van der Waals surface area contributed by atoms with Crippen LogP contribution in [-0.4, -0.2) is 93.9 Å². The van der Waals surface area contributed by atoms with Crippen LogP contribution < -0.4 is 10.6 Å². The molecule has 3 aromatic rings. The number of hydrogen-bond donors (Lipinski definition) is 3. The molecular formula is C43H50ClN7O6. The number of likely N-dealkylation sites (tertiary alicyclic amines) is 2. The van der Waals surface area contributed by atoms with Gasteiger partial charge in [0.15, 0.2) is 0 Å². The SMILES string of the molecule is COC(=O)N[C@H](C(=O)N1[C@@H]2C[C@@H]2C[C@H]1C1=NC=C(c2ccc(-c3ccc(-c4nc([C@@H]5C[C@H]6C[C@H]6N5C(=O)[C@@H](NC(=O)OC)C(C)C)[nH]c4Cl)cc3)cc2)C1)C(C)C. The fourth-order valence-corrected chi connectivity index (χ4v) is 9.30. The minimum absolute atomic E-state index is 0.0678. The summed E-state index contributed by atoms with van der Waals surface area (Å²) in [4.78, 5) is 68.6. The Morgan fingerprint density at radius 3 is 1.70 bits per heavy atom. The van der Waals surface area contributed by atoms with Gasteiger partial charge in [0.05, 0.1) is 26.3 Å². The molecule has 300 valence electrons. The molecule has 3 aliphatic heterocycles. The average molecular weight is 796 g/mol. The Hall–Kier alpha value is -5.17. The number of carbonyl (C=O) groups excluding carboxylic acids is 4. The van der Waals surface area contributed by atoms with Gasteiger partial charge in [-0.05, 0) is 71.6 Å². The van der Waals surface area contributed by atoms with Crippen molar-refractivity contribution in [3.05, 3.63) is 71.3 Å². The molecule has 13 nitrogen and oxygen atoms in total. The monoisotopic (exact) mass is 795 g/mol. The summed E-state index contributed by atoms with van der Waals surface area (Å²) in [7, 11) is 2.60. The van der Waals surface area contributed by atoms with Gasteiger partial charge in [-0.1, -0.05) is 87.8 Å². The summed E-state index contributed by atoms with van der Waals surface area (Å²) in [6.07, 6.45) is 4.99. The Morgan fingerprint density at radius 2 is 1.19 bits per heavy atom. The number of nitrogens with zero attached hydrogens (tertiary/aromatic N) is 4. The topological polar surface area (TPSA) is 158 Å². The van der Waals surface area contributed by atoms with Gasteiger partial charge in [-0.25, -0.2) is 14.6 Å². The lowest BCUT2D eigenvalue weighted by Crippen LogP contribution is -2.54. The van der Waals surface area contributed by atoms with E-state index in [2.05, 4.69) is 39.9 Å². The van der Waals surface area contributed by atoms with Crippen LogP contribution in [0.15, 0.2) is 59.7 Å². The number of rotatable bonds is 11. The van der Waals surface area contributed by atoms with E-state index >= 15 is 0 Å². The molecule has 0 unspecified atom stereocenters. The van der Waals surface area contributed by atoms with E-state index in [1.54, 1.807) is 0 Å². The number of ether oxygens (including phenoxy) is 2. The number of halogens is 1. The maximum atomic E-state index is 13.8. The Labute approximate surface area is 337 Å². The third-order valence-electron chi connectivity index (χ3n) is 12.4. The van der Waals surface area contributed by atoms with Crippen LogP contribution in [-0.2, 0) is 19.1 Å². The van der Waals surface area contributed by atoms with Crippen molar-refractivity contribution >= 4 is 46.9 Å². The third kappa shape index (κ3) is 7.42. The minimum atomic E-state index is -0.709. The van der Waals surface area contributed by atoms with Gasteiger partial charge >= 0.3 is 12.2 Å². The molecule has 8 rings (SSSR count). The van der Waals surface area contributed by atoms with Gasteiger partial charge in [0, 0.05) is 36.0 Å². The number of nitrogens with one attached hydrogen (secondary N) is 3. The second-order valence-corrected chi connectivity index (χ2v) is 17.1. The van der Waals surface area contributed by atoms with Gasteiger partial charge in [0.1, 0.15) is 28.8 Å². The molecule has 2 aromatic carbocycles. The van der Waals surface area contributed by atoms with Crippen molar-refractivity contribution in [3.8, 4) is 22.4 Å². The molecule has 2 aliphatic carbocycles. The van der Waals surface area contributed by atoms with Crippen molar-refractivity contribution in [1.29, 1.82) is 0 Å². The van der Waals surface area contributed by atoms with Gasteiger partial charge in [-0.3, -0.25) is 14.6 Å². The number of fused-ring (bicyclic) bond motifs is 2. The highest BCUT2D eigenvalue weighted by atomic mass is 35.5. The highest BCUT2D eigenvalue weighted by molar-refractivity contribution is 6.32. The second kappa shape index (κ2) is 15.3. The predicted octanol–water partition coefficient (Wildman–Crippen LogP) is 7.00. The summed E-state index contributed by atoms with van der Waals surface area (Å²) in [5.74, 6) is 1.12. The first-order chi connectivity index (χ1) is 27.4. The van der Waals surface area contributed by atoms with Crippen LogP contribution in [0.1, 0.15) is 77.2 Å². The molecule has 2 saturated carbocycles. The van der Waals surface area contributed by atoms with Crippen LogP contribution >= 0.6 is 11.6 Å². The molecule has 8 atom stereocenters. The molecule has 4 amide bonds. The molecule has 1 aromatic heterocycles.